The normalized spacial score (nSPS) is 18.3. The third-order valence-electron chi connectivity index (χ3n) is 4.77. The first-order chi connectivity index (χ1) is 12.8. The lowest BCUT2D eigenvalue weighted by Crippen LogP contribution is -2.40. The van der Waals surface area contributed by atoms with Crippen molar-refractivity contribution in [3.05, 3.63) is 51.8 Å². The van der Waals surface area contributed by atoms with Gasteiger partial charge in [-0.2, -0.15) is 0 Å². The van der Waals surface area contributed by atoms with Gasteiger partial charge in [0.15, 0.2) is 9.84 Å². The minimum atomic E-state index is -2.97. The predicted molar refractivity (Wildman–Crippen MR) is 99.1 cm³/mol. The van der Waals surface area contributed by atoms with Crippen LogP contribution in [0.4, 0.5) is 11.5 Å². The van der Waals surface area contributed by atoms with Crippen LogP contribution in [-0.4, -0.2) is 49.4 Å². The van der Waals surface area contributed by atoms with Crippen molar-refractivity contribution in [2.45, 2.75) is 0 Å². The molecule has 0 atom stereocenters. The molecule has 1 saturated heterocycles. The first kappa shape index (κ1) is 17.3. The number of nitrogens with one attached hydrogen (secondary N) is 1. The molecule has 1 fully saturated rings. The molecular weight excluding hydrogens is 372 g/mol. The molecule has 2 aliphatic heterocycles. The predicted octanol–water partition coefficient (Wildman–Crippen LogP) is -0.462. The standard InChI is InChI=1S/C17H16N4O5S/c18-15-14-12(16(23)19-17(14)24)9-13(22)21(15)11-3-1-10(2-4-11)20-5-7-27(25,26)8-6-20/h1-4,9H,5-8,18H2,(H,19,23,24). The Kier molecular flexibility index (Phi) is 3.81. The van der Waals surface area contributed by atoms with Crippen molar-refractivity contribution >= 4 is 33.2 Å². The summed E-state index contributed by atoms with van der Waals surface area (Å²) in [6.07, 6.45) is 0. The molecule has 1 aromatic carbocycles. The number of carbonyl (C=O) groups is 2. The van der Waals surface area contributed by atoms with Gasteiger partial charge in [-0.15, -0.1) is 0 Å². The minimum absolute atomic E-state index is 0.00934. The summed E-state index contributed by atoms with van der Waals surface area (Å²) in [4.78, 5) is 38.0. The van der Waals surface area contributed by atoms with E-state index in [2.05, 4.69) is 5.32 Å². The van der Waals surface area contributed by atoms with Crippen LogP contribution in [-0.2, 0) is 9.84 Å². The molecule has 0 aliphatic carbocycles. The number of pyridine rings is 1. The molecule has 10 heteroatoms. The van der Waals surface area contributed by atoms with Crippen molar-refractivity contribution < 1.29 is 18.0 Å². The van der Waals surface area contributed by atoms with Gasteiger partial charge in [0.1, 0.15) is 5.82 Å². The Morgan fingerprint density at radius 2 is 1.52 bits per heavy atom. The van der Waals surface area contributed by atoms with Gasteiger partial charge in [0.05, 0.1) is 28.3 Å². The van der Waals surface area contributed by atoms with Gasteiger partial charge in [0, 0.05) is 24.8 Å². The van der Waals surface area contributed by atoms with Gasteiger partial charge in [-0.1, -0.05) is 0 Å². The summed E-state index contributed by atoms with van der Waals surface area (Å²) < 4.78 is 24.3. The summed E-state index contributed by atoms with van der Waals surface area (Å²) in [5.74, 6) is -1.16. The molecule has 3 heterocycles. The number of sulfone groups is 1. The molecule has 9 nitrogen and oxygen atoms in total. The number of nitrogens with two attached hydrogens (primary N) is 1. The van der Waals surface area contributed by atoms with Crippen molar-refractivity contribution in [1.29, 1.82) is 0 Å². The first-order valence-corrected chi connectivity index (χ1v) is 10.1. The molecule has 0 unspecified atom stereocenters. The van der Waals surface area contributed by atoms with Gasteiger partial charge in [-0.3, -0.25) is 24.3 Å². The van der Waals surface area contributed by atoms with Crippen molar-refractivity contribution in [1.82, 2.24) is 9.88 Å². The number of aromatic nitrogens is 1. The number of benzene rings is 1. The Morgan fingerprint density at radius 1 is 0.926 bits per heavy atom. The SMILES string of the molecule is Nc1c2c(cc(=O)n1-c1ccc(N3CCS(=O)(=O)CC3)cc1)C(=O)NC2=O. The molecule has 140 valence electrons. The zero-order valence-corrected chi connectivity index (χ0v) is 15.0. The average molecular weight is 388 g/mol. The van der Waals surface area contributed by atoms with Crippen LogP contribution < -0.4 is 21.5 Å². The van der Waals surface area contributed by atoms with Crippen molar-refractivity contribution in [2.24, 2.45) is 0 Å². The molecule has 4 rings (SSSR count). The number of carbonyl (C=O) groups excluding carboxylic acids is 2. The maximum atomic E-state index is 12.4. The molecule has 0 spiro atoms. The molecule has 3 N–H and O–H groups in total. The fourth-order valence-corrected chi connectivity index (χ4v) is 4.53. The van der Waals surface area contributed by atoms with Gasteiger partial charge in [-0.25, -0.2) is 8.42 Å². The van der Waals surface area contributed by atoms with E-state index >= 15 is 0 Å². The molecule has 2 aromatic rings. The Labute approximate surface area is 154 Å². The Morgan fingerprint density at radius 3 is 2.15 bits per heavy atom. The van der Waals surface area contributed by atoms with Gasteiger partial charge in [-0.05, 0) is 24.3 Å². The summed E-state index contributed by atoms with van der Waals surface area (Å²) >= 11 is 0. The van der Waals surface area contributed by atoms with E-state index in [4.69, 9.17) is 5.73 Å². The third kappa shape index (κ3) is 2.87. The van der Waals surface area contributed by atoms with Crippen molar-refractivity contribution in [3.8, 4) is 5.69 Å². The van der Waals surface area contributed by atoms with Gasteiger partial charge < -0.3 is 10.6 Å². The number of nitrogen functional groups attached to an aromatic ring is 1. The highest BCUT2D eigenvalue weighted by Gasteiger charge is 2.31. The number of anilines is 2. The fourth-order valence-electron chi connectivity index (χ4n) is 3.33. The van der Waals surface area contributed by atoms with E-state index < -0.39 is 27.2 Å². The maximum absolute atomic E-state index is 12.4. The first-order valence-electron chi connectivity index (χ1n) is 8.24. The van der Waals surface area contributed by atoms with Crippen molar-refractivity contribution in [3.63, 3.8) is 0 Å². The average Bonchev–Trinajstić information content (AvgIpc) is 2.89. The largest absolute Gasteiger partial charge is 0.384 e. The van der Waals surface area contributed by atoms with Crippen LogP contribution in [0.5, 0.6) is 0 Å². The van der Waals surface area contributed by atoms with E-state index in [9.17, 15) is 22.8 Å². The van der Waals surface area contributed by atoms with Crippen LogP contribution >= 0.6 is 0 Å². The zero-order valence-electron chi connectivity index (χ0n) is 14.1. The van der Waals surface area contributed by atoms with Crippen LogP contribution in [0.1, 0.15) is 20.7 Å². The van der Waals surface area contributed by atoms with E-state index in [1.165, 1.54) is 4.57 Å². The number of hydrogen-bond donors (Lipinski definition) is 2. The van der Waals surface area contributed by atoms with E-state index in [1.807, 2.05) is 4.90 Å². The molecule has 2 amide bonds. The van der Waals surface area contributed by atoms with Crippen LogP contribution in [0.25, 0.3) is 5.69 Å². The van der Waals surface area contributed by atoms with Crippen molar-refractivity contribution in [2.75, 3.05) is 35.2 Å². The number of fused-ring (bicyclic) bond motifs is 1. The maximum Gasteiger partial charge on any atom is 0.262 e. The Hall–Kier alpha value is -3.14. The van der Waals surface area contributed by atoms with Crippen LogP contribution in [0.2, 0.25) is 0 Å². The topological polar surface area (TPSA) is 132 Å². The summed E-state index contributed by atoms with van der Waals surface area (Å²) in [7, 11) is -2.97. The fraction of sp³-hybridized carbons (Fsp3) is 0.235. The van der Waals surface area contributed by atoms with Gasteiger partial charge in [0.25, 0.3) is 17.4 Å². The molecule has 27 heavy (non-hydrogen) atoms. The molecule has 1 aromatic heterocycles. The lowest BCUT2D eigenvalue weighted by molar-refractivity contribution is 0.0880. The number of rotatable bonds is 2. The molecule has 2 aliphatic rings. The monoisotopic (exact) mass is 388 g/mol. The van der Waals surface area contributed by atoms with Gasteiger partial charge in [0.2, 0.25) is 0 Å². The lowest BCUT2D eigenvalue weighted by Gasteiger charge is -2.28. The third-order valence-corrected chi connectivity index (χ3v) is 6.38. The van der Waals surface area contributed by atoms with E-state index in [-0.39, 0.29) is 28.5 Å². The summed E-state index contributed by atoms with van der Waals surface area (Å²) in [5, 5.41) is 2.12. The Balaban J connectivity index is 1.70. The smallest absolute Gasteiger partial charge is 0.262 e. The second kappa shape index (κ2) is 5.95. The zero-order chi connectivity index (χ0) is 19.3. The highest BCUT2D eigenvalue weighted by molar-refractivity contribution is 7.91. The highest BCUT2D eigenvalue weighted by atomic mass is 32.2. The van der Waals surface area contributed by atoms with E-state index in [1.54, 1.807) is 24.3 Å². The van der Waals surface area contributed by atoms with Crippen LogP contribution in [0.15, 0.2) is 35.1 Å². The summed E-state index contributed by atoms with van der Waals surface area (Å²) in [5.41, 5.74) is 6.72. The van der Waals surface area contributed by atoms with Crippen LogP contribution in [0, 0.1) is 0 Å². The summed E-state index contributed by atoms with van der Waals surface area (Å²) in [6, 6.07) is 7.94. The number of imide groups is 1. The quantitative estimate of drug-likeness (QED) is 0.665. The minimum Gasteiger partial charge on any atom is -0.384 e. The Bertz CT molecular complexity index is 1120. The highest BCUT2D eigenvalue weighted by Crippen LogP contribution is 2.24. The molecule has 0 bridgehead atoms. The second-order valence-corrected chi connectivity index (χ2v) is 8.73. The lowest BCUT2D eigenvalue weighted by atomic mass is 10.1. The molecule has 0 radical (unpaired) electrons. The summed E-state index contributed by atoms with van der Waals surface area (Å²) in [6.45, 7) is 0.815. The van der Waals surface area contributed by atoms with Crippen LogP contribution in [0.3, 0.4) is 0 Å². The van der Waals surface area contributed by atoms with Gasteiger partial charge >= 0.3 is 0 Å². The molecule has 0 saturated carbocycles. The van der Waals surface area contributed by atoms with E-state index in [0.717, 1.165) is 11.8 Å². The number of nitrogens with zero attached hydrogens (tertiary/aromatic N) is 2. The number of amides is 2. The molecular formula is C17H16N4O5S. The van der Waals surface area contributed by atoms with E-state index in [0.29, 0.717) is 18.8 Å². The number of hydrogen-bond acceptors (Lipinski definition) is 7. The second-order valence-electron chi connectivity index (χ2n) is 6.43.